The van der Waals surface area contributed by atoms with Crippen LogP contribution in [0.4, 0.5) is 11.8 Å². The molecule has 0 radical (unpaired) electrons. The lowest BCUT2D eigenvalue weighted by atomic mass is 10.0. The number of fused-ring (bicyclic) bond motifs is 1. The molecule has 1 fully saturated rings. The zero-order chi connectivity index (χ0) is 29.5. The fourth-order valence-electron chi connectivity index (χ4n) is 4.89. The van der Waals surface area contributed by atoms with Crippen LogP contribution < -0.4 is 26.8 Å². The summed E-state index contributed by atoms with van der Waals surface area (Å²) in [5.74, 6) is 1.03. The van der Waals surface area contributed by atoms with Crippen molar-refractivity contribution in [2.45, 2.75) is 44.2 Å². The van der Waals surface area contributed by atoms with Gasteiger partial charge in [0.25, 0.3) is 0 Å². The molecule has 13 nitrogen and oxygen atoms in total. The average Bonchev–Trinajstić information content (AvgIpc) is 3.63. The van der Waals surface area contributed by atoms with Crippen LogP contribution in [-0.4, -0.2) is 74.2 Å². The van der Waals surface area contributed by atoms with Crippen molar-refractivity contribution in [1.82, 2.24) is 24.8 Å². The molecule has 8 N–H and O–H groups in total. The predicted molar refractivity (Wildman–Crippen MR) is 157 cm³/mol. The summed E-state index contributed by atoms with van der Waals surface area (Å²) in [6.45, 7) is 1.09. The molecule has 3 atom stereocenters. The molecule has 3 heterocycles. The molecule has 1 aliphatic heterocycles. The quantitative estimate of drug-likeness (QED) is 0.119. The molecule has 1 saturated heterocycles. The molecule has 5 rings (SSSR count). The summed E-state index contributed by atoms with van der Waals surface area (Å²) < 4.78 is 13.8. The van der Waals surface area contributed by atoms with E-state index in [9.17, 15) is 9.90 Å². The van der Waals surface area contributed by atoms with E-state index < -0.39 is 11.9 Å². The molecule has 0 spiro atoms. The number of aromatic nitrogens is 4. The van der Waals surface area contributed by atoms with Crippen LogP contribution in [0.1, 0.15) is 31.1 Å². The van der Waals surface area contributed by atoms with Gasteiger partial charge in [-0.25, -0.2) is 15.0 Å². The number of aliphatic hydroxyl groups is 2. The lowest BCUT2D eigenvalue weighted by molar-refractivity contribution is -0.120. The lowest BCUT2D eigenvalue weighted by Crippen LogP contribution is -2.44. The van der Waals surface area contributed by atoms with Gasteiger partial charge < -0.3 is 41.8 Å². The van der Waals surface area contributed by atoms with Crippen molar-refractivity contribution in [2.75, 3.05) is 37.4 Å². The molecule has 0 unspecified atom stereocenters. The standard InChI is InChI=1S/C29H36N8O5/c30-26-25-28(35-17-34-26)37(24-10-9-22(15-38)42-24)29(36-25)33-14-18-5-7-19(8-6-18)20-3-1-4-21(13-20)41-12-2-11-32-23(16-39)27(31)40/h1,3-8,13,17,22-24,32,38-39H,2,9-12,14-16H2,(H2,31,40)(H,33,36)(H2,30,34,35)/t22-,23-,24+/m0/s1. The second-order valence-electron chi connectivity index (χ2n) is 10.1. The van der Waals surface area contributed by atoms with E-state index >= 15 is 0 Å². The number of nitrogen functional groups attached to an aromatic ring is 1. The lowest BCUT2D eigenvalue weighted by Gasteiger charge is -2.17. The Morgan fingerprint density at radius 3 is 2.71 bits per heavy atom. The van der Waals surface area contributed by atoms with Crippen LogP contribution in [0, 0.1) is 0 Å². The molecule has 1 aliphatic rings. The minimum Gasteiger partial charge on any atom is -0.494 e. The molecular weight excluding hydrogens is 540 g/mol. The summed E-state index contributed by atoms with van der Waals surface area (Å²) in [4.78, 5) is 24.3. The van der Waals surface area contributed by atoms with E-state index in [1.165, 1.54) is 6.33 Å². The number of ether oxygens (including phenoxy) is 2. The molecule has 222 valence electrons. The van der Waals surface area contributed by atoms with Crippen molar-refractivity contribution in [3.8, 4) is 16.9 Å². The van der Waals surface area contributed by atoms with Crippen molar-refractivity contribution in [2.24, 2.45) is 5.73 Å². The van der Waals surface area contributed by atoms with E-state index in [1.54, 1.807) is 0 Å². The maximum Gasteiger partial charge on any atom is 0.236 e. The fourth-order valence-corrected chi connectivity index (χ4v) is 4.89. The first-order chi connectivity index (χ1) is 20.5. The number of imidazole rings is 1. The molecular formula is C29H36N8O5. The molecule has 0 bridgehead atoms. The highest BCUT2D eigenvalue weighted by Gasteiger charge is 2.30. The number of benzene rings is 2. The number of primary amides is 1. The highest BCUT2D eigenvalue weighted by atomic mass is 16.5. The summed E-state index contributed by atoms with van der Waals surface area (Å²) in [6.07, 6.45) is 2.99. The van der Waals surface area contributed by atoms with E-state index in [1.807, 2.05) is 41.0 Å². The van der Waals surface area contributed by atoms with E-state index in [-0.39, 0.29) is 25.5 Å². The number of rotatable bonds is 14. The Balaban J connectivity index is 1.20. The molecule has 13 heteroatoms. The van der Waals surface area contributed by atoms with Crippen molar-refractivity contribution in [3.05, 3.63) is 60.4 Å². The largest absolute Gasteiger partial charge is 0.494 e. The zero-order valence-corrected chi connectivity index (χ0v) is 23.1. The number of hydrogen-bond donors (Lipinski definition) is 6. The Morgan fingerprint density at radius 2 is 1.98 bits per heavy atom. The van der Waals surface area contributed by atoms with Gasteiger partial charge >= 0.3 is 0 Å². The highest BCUT2D eigenvalue weighted by Crippen LogP contribution is 2.34. The molecule has 2 aromatic heterocycles. The van der Waals surface area contributed by atoms with Gasteiger partial charge in [0.2, 0.25) is 11.9 Å². The summed E-state index contributed by atoms with van der Waals surface area (Å²) in [5.41, 5.74) is 15.5. The van der Waals surface area contributed by atoms with Crippen molar-refractivity contribution < 1.29 is 24.5 Å². The molecule has 0 saturated carbocycles. The molecule has 42 heavy (non-hydrogen) atoms. The van der Waals surface area contributed by atoms with Gasteiger partial charge in [-0.3, -0.25) is 9.36 Å². The minimum absolute atomic E-state index is 0.0356. The number of hydrogen-bond acceptors (Lipinski definition) is 11. The van der Waals surface area contributed by atoms with E-state index in [2.05, 4.69) is 37.7 Å². The SMILES string of the molecule is NC(=O)[C@H](CO)NCCCOc1cccc(-c2ccc(CNc3nc4c(N)ncnc4n3[C@H]3CC[C@@H](CO)O3)cc2)c1. The number of nitrogens with zero attached hydrogens (tertiary/aromatic N) is 4. The monoisotopic (exact) mass is 576 g/mol. The van der Waals surface area contributed by atoms with Crippen LogP contribution in [0.15, 0.2) is 54.9 Å². The van der Waals surface area contributed by atoms with Gasteiger partial charge in [0.15, 0.2) is 17.0 Å². The number of carbonyl (C=O) groups excluding carboxylic acids is 1. The van der Waals surface area contributed by atoms with Crippen LogP contribution >= 0.6 is 0 Å². The summed E-state index contributed by atoms with van der Waals surface area (Å²) in [5, 5.41) is 25.0. The first-order valence-corrected chi connectivity index (χ1v) is 13.9. The van der Waals surface area contributed by atoms with Crippen LogP contribution in [0.25, 0.3) is 22.3 Å². The molecule has 1 amide bonds. The second kappa shape index (κ2) is 13.6. The molecule has 2 aromatic carbocycles. The van der Waals surface area contributed by atoms with Gasteiger partial charge in [-0.05, 0) is 54.6 Å². The Bertz CT molecular complexity index is 1500. The van der Waals surface area contributed by atoms with Crippen LogP contribution in [-0.2, 0) is 16.1 Å². The Hall–Kier alpha value is -4.30. The first kappa shape index (κ1) is 29.2. The maximum absolute atomic E-state index is 11.2. The number of carbonyl (C=O) groups is 1. The fraction of sp³-hybridized carbons (Fsp3) is 0.379. The van der Waals surface area contributed by atoms with Crippen molar-refractivity contribution in [3.63, 3.8) is 0 Å². The molecule has 4 aromatic rings. The Morgan fingerprint density at radius 1 is 1.14 bits per heavy atom. The zero-order valence-electron chi connectivity index (χ0n) is 23.1. The maximum atomic E-state index is 11.2. The smallest absolute Gasteiger partial charge is 0.236 e. The van der Waals surface area contributed by atoms with Gasteiger partial charge in [0.1, 0.15) is 24.3 Å². The number of aliphatic hydroxyl groups excluding tert-OH is 2. The van der Waals surface area contributed by atoms with E-state index in [0.29, 0.717) is 49.0 Å². The van der Waals surface area contributed by atoms with Crippen LogP contribution in [0.5, 0.6) is 5.75 Å². The van der Waals surface area contributed by atoms with Gasteiger partial charge in [-0.1, -0.05) is 36.4 Å². The third-order valence-corrected chi connectivity index (χ3v) is 7.16. The number of nitrogens with two attached hydrogens (primary N) is 2. The van der Waals surface area contributed by atoms with Gasteiger partial charge in [-0.15, -0.1) is 0 Å². The van der Waals surface area contributed by atoms with Crippen LogP contribution in [0.2, 0.25) is 0 Å². The number of nitrogens with one attached hydrogen (secondary N) is 2. The summed E-state index contributed by atoms with van der Waals surface area (Å²) in [7, 11) is 0. The number of anilines is 2. The topological polar surface area (TPSA) is 196 Å². The summed E-state index contributed by atoms with van der Waals surface area (Å²) >= 11 is 0. The first-order valence-electron chi connectivity index (χ1n) is 13.9. The summed E-state index contributed by atoms with van der Waals surface area (Å²) in [6, 6.07) is 15.3. The molecule has 0 aliphatic carbocycles. The van der Waals surface area contributed by atoms with Gasteiger partial charge in [0.05, 0.1) is 25.9 Å². The highest BCUT2D eigenvalue weighted by molar-refractivity contribution is 5.84. The Labute approximate surface area is 242 Å². The van der Waals surface area contributed by atoms with Gasteiger partial charge in [-0.2, -0.15) is 0 Å². The Kier molecular flexibility index (Phi) is 9.44. The average molecular weight is 577 g/mol. The van der Waals surface area contributed by atoms with E-state index in [4.69, 9.17) is 26.0 Å². The van der Waals surface area contributed by atoms with E-state index in [0.717, 1.165) is 35.3 Å². The van der Waals surface area contributed by atoms with Gasteiger partial charge in [0, 0.05) is 6.54 Å². The minimum atomic E-state index is -0.748. The third-order valence-electron chi connectivity index (χ3n) is 7.16. The van der Waals surface area contributed by atoms with Crippen LogP contribution in [0.3, 0.4) is 0 Å². The third kappa shape index (κ3) is 6.77. The predicted octanol–water partition coefficient (Wildman–Crippen LogP) is 1.56. The number of amides is 1. The second-order valence-corrected chi connectivity index (χ2v) is 10.1. The normalized spacial score (nSPS) is 17.4. The van der Waals surface area contributed by atoms with Crippen molar-refractivity contribution in [1.29, 1.82) is 0 Å². The van der Waals surface area contributed by atoms with Crippen molar-refractivity contribution >= 4 is 28.8 Å².